The summed E-state index contributed by atoms with van der Waals surface area (Å²) in [5, 5.41) is 4.96. The van der Waals surface area contributed by atoms with E-state index >= 15 is 0 Å². The number of rotatable bonds is 5. The molecule has 0 atom stereocenters. The maximum absolute atomic E-state index is 5.18. The maximum atomic E-state index is 5.18. The quantitative estimate of drug-likeness (QED) is 0.176. The van der Waals surface area contributed by atoms with Crippen molar-refractivity contribution >= 4 is 43.6 Å². The van der Waals surface area contributed by atoms with Crippen LogP contribution in [0.4, 0.5) is 0 Å². The molecule has 8 aromatic carbocycles. The highest BCUT2D eigenvalue weighted by Crippen LogP contribution is 2.51. The van der Waals surface area contributed by atoms with Crippen LogP contribution in [0.25, 0.3) is 100 Å². The molecule has 278 valence electrons. The third-order valence-electron chi connectivity index (χ3n) is 12.4. The molecular weight excluding hydrogens is 719 g/mol. The Kier molecular flexibility index (Phi) is 7.20. The van der Waals surface area contributed by atoms with E-state index < -0.39 is 0 Å². The van der Waals surface area contributed by atoms with Crippen molar-refractivity contribution in [1.29, 1.82) is 0 Å². The topological polar surface area (TPSA) is 48.5 Å². The minimum atomic E-state index is -0.0961. The molecular formula is C54H37N5. The van der Waals surface area contributed by atoms with Crippen LogP contribution in [-0.2, 0) is 5.41 Å². The van der Waals surface area contributed by atoms with Crippen LogP contribution in [0.2, 0.25) is 0 Å². The van der Waals surface area contributed by atoms with Gasteiger partial charge in [-0.15, -0.1) is 0 Å². The summed E-state index contributed by atoms with van der Waals surface area (Å²) in [5.74, 6) is 1.89. The standard InChI is InChI=1S/C54H37N5/c1-54(2)45-23-10-6-19-39(45)43-32-44-42-22-9-13-26-49(42)58(50(44)33-46(43)54)37-29-27-35(28-30-37)52-55-51(34-15-4-3-5-16-34)56-53(57-52)36-17-14-18-38(31-36)59-47-24-11-7-20-40(47)41-21-8-12-25-48(41)59/h3-33H,1-2H3. The van der Waals surface area contributed by atoms with Gasteiger partial charge >= 0.3 is 0 Å². The average Bonchev–Trinajstić information content (AvgIpc) is 3.89. The minimum Gasteiger partial charge on any atom is -0.309 e. The Bertz CT molecular complexity index is 3410. The van der Waals surface area contributed by atoms with E-state index in [1.165, 1.54) is 54.8 Å². The van der Waals surface area contributed by atoms with Crippen LogP contribution in [0.3, 0.4) is 0 Å². The Balaban J connectivity index is 0.992. The fourth-order valence-corrected chi connectivity index (χ4v) is 9.54. The number of hydrogen-bond donors (Lipinski definition) is 0. The van der Waals surface area contributed by atoms with Gasteiger partial charge in [0, 0.05) is 55.0 Å². The van der Waals surface area contributed by atoms with Crippen LogP contribution in [-0.4, -0.2) is 24.1 Å². The van der Waals surface area contributed by atoms with Crippen LogP contribution in [0.5, 0.6) is 0 Å². The summed E-state index contributed by atoms with van der Waals surface area (Å²) in [7, 11) is 0. The van der Waals surface area contributed by atoms with Gasteiger partial charge < -0.3 is 9.13 Å². The molecule has 0 fully saturated rings. The van der Waals surface area contributed by atoms with Gasteiger partial charge in [-0.25, -0.2) is 15.0 Å². The van der Waals surface area contributed by atoms with E-state index in [0.717, 1.165) is 39.1 Å². The first-order chi connectivity index (χ1) is 29.0. The van der Waals surface area contributed by atoms with E-state index in [2.05, 4.69) is 193 Å². The molecule has 0 saturated carbocycles. The van der Waals surface area contributed by atoms with Crippen LogP contribution in [0, 0.1) is 0 Å². The van der Waals surface area contributed by atoms with Gasteiger partial charge in [0.05, 0.1) is 22.1 Å². The molecule has 11 aromatic rings. The molecule has 0 spiro atoms. The zero-order valence-corrected chi connectivity index (χ0v) is 32.6. The molecule has 59 heavy (non-hydrogen) atoms. The number of hydrogen-bond acceptors (Lipinski definition) is 3. The van der Waals surface area contributed by atoms with Crippen molar-refractivity contribution in [2.45, 2.75) is 19.3 Å². The highest BCUT2D eigenvalue weighted by molar-refractivity contribution is 6.12. The van der Waals surface area contributed by atoms with E-state index in [4.69, 9.17) is 15.0 Å². The minimum absolute atomic E-state index is 0.0961. The van der Waals surface area contributed by atoms with Crippen molar-refractivity contribution in [2.24, 2.45) is 0 Å². The Morgan fingerprint density at radius 3 is 1.51 bits per heavy atom. The van der Waals surface area contributed by atoms with Crippen LogP contribution < -0.4 is 0 Å². The number of benzene rings is 8. The lowest BCUT2D eigenvalue weighted by Crippen LogP contribution is -2.14. The molecule has 12 rings (SSSR count). The Labute approximate surface area is 341 Å². The van der Waals surface area contributed by atoms with Gasteiger partial charge in [0.2, 0.25) is 0 Å². The summed E-state index contributed by atoms with van der Waals surface area (Å²) in [4.78, 5) is 15.4. The highest BCUT2D eigenvalue weighted by atomic mass is 15.0. The molecule has 0 radical (unpaired) electrons. The summed E-state index contributed by atoms with van der Waals surface area (Å²) in [6.45, 7) is 4.69. The molecule has 0 N–H and O–H groups in total. The van der Waals surface area contributed by atoms with Crippen molar-refractivity contribution in [3.63, 3.8) is 0 Å². The molecule has 0 saturated heterocycles. The van der Waals surface area contributed by atoms with Gasteiger partial charge in [0.15, 0.2) is 17.5 Å². The third-order valence-corrected chi connectivity index (χ3v) is 12.4. The number of aromatic nitrogens is 5. The second-order valence-corrected chi connectivity index (χ2v) is 16.1. The summed E-state index contributed by atoms with van der Waals surface area (Å²) in [5.41, 5.74) is 14.9. The van der Waals surface area contributed by atoms with Crippen molar-refractivity contribution in [3.05, 3.63) is 199 Å². The predicted octanol–water partition coefficient (Wildman–Crippen LogP) is 13.4. The lowest BCUT2D eigenvalue weighted by Gasteiger charge is -2.21. The Morgan fingerprint density at radius 1 is 0.339 bits per heavy atom. The fourth-order valence-electron chi connectivity index (χ4n) is 9.54. The monoisotopic (exact) mass is 755 g/mol. The normalized spacial score (nSPS) is 13.1. The zero-order valence-electron chi connectivity index (χ0n) is 32.6. The average molecular weight is 756 g/mol. The summed E-state index contributed by atoms with van der Waals surface area (Å²) >= 11 is 0. The van der Waals surface area contributed by atoms with Gasteiger partial charge in [-0.2, -0.15) is 0 Å². The Hall–Kier alpha value is -7.63. The van der Waals surface area contributed by atoms with Crippen molar-refractivity contribution in [3.8, 4) is 56.7 Å². The second-order valence-electron chi connectivity index (χ2n) is 16.1. The maximum Gasteiger partial charge on any atom is 0.164 e. The van der Waals surface area contributed by atoms with E-state index in [9.17, 15) is 0 Å². The summed E-state index contributed by atoms with van der Waals surface area (Å²) < 4.78 is 4.73. The van der Waals surface area contributed by atoms with E-state index in [0.29, 0.717) is 17.5 Å². The van der Waals surface area contributed by atoms with Crippen molar-refractivity contribution in [1.82, 2.24) is 24.1 Å². The first-order valence-corrected chi connectivity index (χ1v) is 20.2. The van der Waals surface area contributed by atoms with Crippen molar-refractivity contribution < 1.29 is 0 Å². The van der Waals surface area contributed by atoms with Gasteiger partial charge in [-0.1, -0.05) is 135 Å². The van der Waals surface area contributed by atoms with Crippen LogP contribution >= 0.6 is 0 Å². The highest BCUT2D eigenvalue weighted by Gasteiger charge is 2.36. The van der Waals surface area contributed by atoms with Gasteiger partial charge in [-0.3, -0.25) is 0 Å². The molecule has 1 aliphatic rings. The van der Waals surface area contributed by atoms with E-state index in [1.54, 1.807) is 0 Å². The van der Waals surface area contributed by atoms with Gasteiger partial charge in [0.1, 0.15) is 0 Å². The number of para-hydroxylation sites is 3. The first kappa shape index (κ1) is 33.5. The molecule has 5 heteroatoms. The molecule has 0 unspecified atom stereocenters. The molecule has 5 nitrogen and oxygen atoms in total. The SMILES string of the molecule is CC1(C)c2ccccc2-c2cc3c4ccccc4n(-c4ccc(-c5nc(-c6ccccc6)nc(-c6cccc(-n7c8ccccc8c8ccccc87)c6)n5)cc4)c3cc21. The van der Waals surface area contributed by atoms with E-state index in [-0.39, 0.29) is 5.41 Å². The smallest absolute Gasteiger partial charge is 0.164 e. The zero-order chi connectivity index (χ0) is 39.2. The molecule has 0 aliphatic heterocycles. The number of fused-ring (bicyclic) bond motifs is 9. The lowest BCUT2D eigenvalue weighted by atomic mass is 9.82. The summed E-state index contributed by atoms with van der Waals surface area (Å²) in [6.07, 6.45) is 0. The van der Waals surface area contributed by atoms with Crippen LogP contribution in [0.15, 0.2) is 188 Å². The summed E-state index contributed by atoms with van der Waals surface area (Å²) in [6, 6.07) is 67.0. The lowest BCUT2D eigenvalue weighted by molar-refractivity contribution is 0.661. The molecule has 1 aliphatic carbocycles. The predicted molar refractivity (Wildman–Crippen MR) is 242 cm³/mol. The largest absolute Gasteiger partial charge is 0.309 e. The van der Waals surface area contributed by atoms with E-state index in [1.807, 2.05) is 18.2 Å². The molecule has 0 bridgehead atoms. The number of nitrogens with zero attached hydrogens (tertiary/aromatic N) is 5. The third kappa shape index (κ3) is 5.08. The second kappa shape index (κ2) is 12.7. The van der Waals surface area contributed by atoms with Gasteiger partial charge in [0.25, 0.3) is 0 Å². The molecule has 3 aromatic heterocycles. The molecule has 3 heterocycles. The van der Waals surface area contributed by atoms with Crippen molar-refractivity contribution in [2.75, 3.05) is 0 Å². The Morgan fingerprint density at radius 2 is 0.847 bits per heavy atom. The molecule has 0 amide bonds. The van der Waals surface area contributed by atoms with Crippen LogP contribution in [0.1, 0.15) is 25.0 Å². The first-order valence-electron chi connectivity index (χ1n) is 20.2. The fraction of sp³-hybridized carbons (Fsp3) is 0.0556. The van der Waals surface area contributed by atoms with Gasteiger partial charge in [-0.05, 0) is 89.0 Å².